The molecule has 0 aliphatic heterocycles. The molecule has 1 unspecified atom stereocenters. The third kappa shape index (κ3) is 5.50. The van der Waals surface area contributed by atoms with E-state index in [2.05, 4.69) is 46.4 Å². The van der Waals surface area contributed by atoms with Crippen LogP contribution >= 0.6 is 0 Å². The van der Waals surface area contributed by atoms with Gasteiger partial charge in [0.15, 0.2) is 11.6 Å². The van der Waals surface area contributed by atoms with Gasteiger partial charge in [0.05, 0.1) is 18.5 Å². The molecular formula is C23H24N2O2. The van der Waals surface area contributed by atoms with Gasteiger partial charge in [-0.25, -0.2) is 9.97 Å². The molecule has 2 N–H and O–H groups in total. The summed E-state index contributed by atoms with van der Waals surface area (Å²) in [5.74, 6) is 0.655. The number of aromatic nitrogens is 2. The second-order valence-corrected chi connectivity index (χ2v) is 6.65. The standard InChI is InChI=1S/C23H24N2O2/c1-17(26)5-3-2-4-6-18-7-9-19(10-8-18)20-11-13-21(14-12-20)23-24-15-22(27)16-25-23/h4,6-17,26-27H,2-3,5H2,1H3. The molecule has 0 aliphatic rings. The highest BCUT2D eigenvalue weighted by atomic mass is 16.3. The third-order valence-electron chi connectivity index (χ3n) is 4.33. The summed E-state index contributed by atoms with van der Waals surface area (Å²) in [5.41, 5.74) is 4.37. The van der Waals surface area contributed by atoms with Crippen LogP contribution in [0.2, 0.25) is 0 Å². The first kappa shape index (κ1) is 18.8. The van der Waals surface area contributed by atoms with E-state index in [4.69, 9.17) is 0 Å². The van der Waals surface area contributed by atoms with Crippen LogP contribution in [0, 0.1) is 0 Å². The van der Waals surface area contributed by atoms with Crippen LogP contribution in [0.1, 0.15) is 31.7 Å². The van der Waals surface area contributed by atoms with Crippen molar-refractivity contribution in [1.82, 2.24) is 9.97 Å². The van der Waals surface area contributed by atoms with Gasteiger partial charge in [0, 0.05) is 5.56 Å². The summed E-state index contributed by atoms with van der Waals surface area (Å²) < 4.78 is 0. The van der Waals surface area contributed by atoms with Crippen molar-refractivity contribution in [2.24, 2.45) is 0 Å². The lowest BCUT2D eigenvalue weighted by Crippen LogP contribution is -1.97. The smallest absolute Gasteiger partial charge is 0.159 e. The average molecular weight is 360 g/mol. The minimum atomic E-state index is -0.218. The van der Waals surface area contributed by atoms with Crippen LogP contribution < -0.4 is 0 Å². The van der Waals surface area contributed by atoms with Gasteiger partial charge in [-0.2, -0.15) is 0 Å². The molecule has 1 atom stereocenters. The molecule has 0 saturated heterocycles. The maximum atomic E-state index is 9.28. The van der Waals surface area contributed by atoms with Crippen LogP contribution in [-0.4, -0.2) is 26.3 Å². The highest BCUT2D eigenvalue weighted by Crippen LogP contribution is 2.24. The molecule has 1 aromatic heterocycles. The lowest BCUT2D eigenvalue weighted by Gasteiger charge is -2.05. The average Bonchev–Trinajstić information content (AvgIpc) is 2.69. The van der Waals surface area contributed by atoms with Crippen molar-refractivity contribution < 1.29 is 10.2 Å². The molecule has 1 heterocycles. The van der Waals surface area contributed by atoms with E-state index >= 15 is 0 Å². The van der Waals surface area contributed by atoms with Crippen LogP contribution in [0.4, 0.5) is 0 Å². The van der Waals surface area contributed by atoms with Crippen molar-refractivity contribution in [3.8, 4) is 28.3 Å². The van der Waals surface area contributed by atoms with Gasteiger partial charge in [0.1, 0.15) is 0 Å². The second-order valence-electron chi connectivity index (χ2n) is 6.65. The molecular weight excluding hydrogens is 336 g/mol. The van der Waals surface area contributed by atoms with E-state index in [0.717, 1.165) is 36.0 Å². The monoisotopic (exact) mass is 360 g/mol. The molecule has 0 radical (unpaired) electrons. The molecule has 3 aromatic rings. The van der Waals surface area contributed by atoms with Crippen molar-refractivity contribution >= 4 is 6.08 Å². The lowest BCUT2D eigenvalue weighted by atomic mass is 10.0. The van der Waals surface area contributed by atoms with Gasteiger partial charge in [0.25, 0.3) is 0 Å². The quantitative estimate of drug-likeness (QED) is 0.577. The fraction of sp³-hybridized carbons (Fsp3) is 0.217. The zero-order valence-corrected chi connectivity index (χ0v) is 15.4. The van der Waals surface area contributed by atoms with E-state index in [-0.39, 0.29) is 11.9 Å². The number of allylic oxidation sites excluding steroid dienone is 1. The number of unbranched alkanes of at least 4 members (excludes halogenated alkanes) is 1. The number of nitrogens with zero attached hydrogens (tertiary/aromatic N) is 2. The van der Waals surface area contributed by atoms with E-state index in [0.29, 0.717) is 5.82 Å². The van der Waals surface area contributed by atoms with Crippen molar-refractivity contribution in [3.05, 3.63) is 72.6 Å². The van der Waals surface area contributed by atoms with Crippen LogP contribution in [0.5, 0.6) is 5.75 Å². The zero-order valence-electron chi connectivity index (χ0n) is 15.4. The van der Waals surface area contributed by atoms with E-state index in [9.17, 15) is 10.2 Å². The molecule has 4 nitrogen and oxygen atoms in total. The summed E-state index contributed by atoms with van der Waals surface area (Å²) in [7, 11) is 0. The second kappa shape index (κ2) is 9.10. The molecule has 3 rings (SSSR count). The Labute approximate surface area is 159 Å². The van der Waals surface area contributed by atoms with Crippen LogP contribution in [0.15, 0.2) is 67.0 Å². The van der Waals surface area contributed by atoms with Crippen LogP contribution in [0.3, 0.4) is 0 Å². The Kier molecular flexibility index (Phi) is 6.34. The zero-order chi connectivity index (χ0) is 19.1. The maximum Gasteiger partial charge on any atom is 0.159 e. The SMILES string of the molecule is CC(O)CCCC=Cc1ccc(-c2ccc(-c3ncc(O)cn3)cc2)cc1. The van der Waals surface area contributed by atoms with Gasteiger partial charge in [-0.15, -0.1) is 0 Å². The highest BCUT2D eigenvalue weighted by molar-refractivity contribution is 5.69. The molecule has 0 fully saturated rings. The van der Waals surface area contributed by atoms with Crippen molar-refractivity contribution in [2.75, 3.05) is 0 Å². The fourth-order valence-corrected chi connectivity index (χ4v) is 2.82. The Balaban J connectivity index is 1.63. The summed E-state index contributed by atoms with van der Waals surface area (Å²) in [6.07, 6.45) is 9.68. The van der Waals surface area contributed by atoms with Gasteiger partial charge in [0.2, 0.25) is 0 Å². The Bertz CT molecular complexity index is 868. The van der Waals surface area contributed by atoms with Crippen molar-refractivity contribution in [1.29, 1.82) is 0 Å². The summed E-state index contributed by atoms with van der Waals surface area (Å²) in [6, 6.07) is 16.5. The first-order chi connectivity index (χ1) is 13.1. The molecule has 0 amide bonds. The summed E-state index contributed by atoms with van der Waals surface area (Å²) in [4.78, 5) is 8.26. The topological polar surface area (TPSA) is 66.2 Å². The molecule has 27 heavy (non-hydrogen) atoms. The van der Waals surface area contributed by atoms with Gasteiger partial charge < -0.3 is 10.2 Å². The highest BCUT2D eigenvalue weighted by Gasteiger charge is 2.03. The molecule has 138 valence electrons. The summed E-state index contributed by atoms with van der Waals surface area (Å²) >= 11 is 0. The van der Waals surface area contributed by atoms with Crippen molar-refractivity contribution in [3.63, 3.8) is 0 Å². The van der Waals surface area contributed by atoms with Gasteiger partial charge in [-0.1, -0.05) is 60.7 Å². The molecule has 0 spiro atoms. The predicted molar refractivity (Wildman–Crippen MR) is 109 cm³/mol. The first-order valence-corrected chi connectivity index (χ1v) is 9.18. The largest absolute Gasteiger partial charge is 0.505 e. The lowest BCUT2D eigenvalue weighted by molar-refractivity contribution is 0.182. The normalized spacial score (nSPS) is 12.4. The summed E-state index contributed by atoms with van der Waals surface area (Å²) in [5, 5.41) is 18.5. The Morgan fingerprint density at radius 2 is 1.44 bits per heavy atom. The molecule has 0 bridgehead atoms. The molecule has 0 aliphatic carbocycles. The first-order valence-electron chi connectivity index (χ1n) is 9.18. The number of aliphatic hydroxyl groups is 1. The van der Waals surface area contributed by atoms with E-state index < -0.39 is 0 Å². The van der Waals surface area contributed by atoms with Crippen LogP contribution in [-0.2, 0) is 0 Å². The van der Waals surface area contributed by atoms with Crippen LogP contribution in [0.25, 0.3) is 28.6 Å². The minimum Gasteiger partial charge on any atom is -0.505 e. The number of hydrogen-bond donors (Lipinski definition) is 2. The van der Waals surface area contributed by atoms with Gasteiger partial charge in [-0.3, -0.25) is 0 Å². The molecule has 0 saturated carbocycles. The minimum absolute atomic E-state index is 0.0625. The van der Waals surface area contributed by atoms with E-state index in [1.165, 1.54) is 18.0 Å². The van der Waals surface area contributed by atoms with Gasteiger partial charge >= 0.3 is 0 Å². The Morgan fingerprint density at radius 1 is 0.889 bits per heavy atom. The van der Waals surface area contributed by atoms with E-state index in [1.54, 1.807) is 0 Å². The Morgan fingerprint density at radius 3 is 2.04 bits per heavy atom. The Hall–Kier alpha value is -2.98. The number of aliphatic hydroxyl groups excluding tert-OH is 1. The number of aromatic hydroxyl groups is 1. The van der Waals surface area contributed by atoms with Gasteiger partial charge in [-0.05, 0) is 42.9 Å². The number of rotatable bonds is 7. The van der Waals surface area contributed by atoms with E-state index in [1.807, 2.05) is 31.2 Å². The fourth-order valence-electron chi connectivity index (χ4n) is 2.82. The third-order valence-corrected chi connectivity index (χ3v) is 4.33. The summed E-state index contributed by atoms with van der Waals surface area (Å²) in [6.45, 7) is 1.83. The number of hydrogen-bond acceptors (Lipinski definition) is 4. The predicted octanol–water partition coefficient (Wildman–Crippen LogP) is 5.08. The molecule has 4 heteroatoms. The maximum absolute atomic E-state index is 9.28. The molecule has 2 aromatic carbocycles. The number of benzene rings is 2. The van der Waals surface area contributed by atoms with Crippen molar-refractivity contribution in [2.45, 2.75) is 32.3 Å².